The summed E-state index contributed by atoms with van der Waals surface area (Å²) in [7, 11) is 1.79. The first-order valence-corrected chi connectivity index (χ1v) is 7.35. The van der Waals surface area contributed by atoms with Crippen molar-refractivity contribution in [1.82, 2.24) is 9.47 Å². The van der Waals surface area contributed by atoms with Crippen molar-refractivity contribution in [2.24, 2.45) is 0 Å². The van der Waals surface area contributed by atoms with Crippen LogP contribution >= 0.6 is 0 Å². The number of nitrogens with zero attached hydrogens (tertiary/aromatic N) is 2. The Hall–Kier alpha value is -2.10. The summed E-state index contributed by atoms with van der Waals surface area (Å²) in [5.74, 6) is 0.248. The van der Waals surface area contributed by atoms with E-state index in [9.17, 15) is 9.59 Å². The number of likely N-dealkylation sites (N-methyl/N-ethyl adjacent to an activating group) is 1. The average molecular weight is 284 g/mol. The summed E-state index contributed by atoms with van der Waals surface area (Å²) < 4.78 is 2.05. The van der Waals surface area contributed by atoms with Gasteiger partial charge in [-0.1, -0.05) is 32.0 Å². The first kappa shape index (κ1) is 13.9. The Labute approximate surface area is 124 Å². The molecule has 2 heterocycles. The van der Waals surface area contributed by atoms with E-state index in [4.69, 9.17) is 0 Å². The number of hydrogen-bond donors (Lipinski definition) is 0. The quantitative estimate of drug-likeness (QED) is 0.795. The van der Waals surface area contributed by atoms with Crippen molar-refractivity contribution in [1.29, 1.82) is 0 Å². The zero-order valence-electron chi connectivity index (χ0n) is 12.9. The summed E-state index contributed by atoms with van der Waals surface area (Å²) in [5, 5.41) is 0.910. The molecule has 4 heteroatoms. The van der Waals surface area contributed by atoms with Crippen LogP contribution < -0.4 is 0 Å². The number of carbonyl (C=O) groups is 2. The second kappa shape index (κ2) is 4.72. The summed E-state index contributed by atoms with van der Waals surface area (Å²) in [6, 6.07) is 6.02. The highest BCUT2D eigenvalue weighted by Crippen LogP contribution is 2.34. The molecule has 2 aromatic rings. The third kappa shape index (κ3) is 1.89. The molecule has 1 aliphatic rings. The van der Waals surface area contributed by atoms with Gasteiger partial charge in [-0.05, 0) is 18.4 Å². The maximum atomic E-state index is 12.5. The topological polar surface area (TPSA) is 42.3 Å². The van der Waals surface area contributed by atoms with E-state index < -0.39 is 0 Å². The largest absolute Gasteiger partial charge is 0.339 e. The molecule has 110 valence electrons. The van der Waals surface area contributed by atoms with Crippen molar-refractivity contribution in [3.8, 4) is 0 Å². The number of hydrogen-bond acceptors (Lipinski definition) is 2. The highest BCUT2D eigenvalue weighted by Gasteiger charge is 2.31. The first-order chi connectivity index (χ1) is 9.93. The number of Topliss-reactive ketones (excluding diaryl/α,β-unsaturated/α-hetero) is 1. The molecule has 0 unspecified atom stereocenters. The van der Waals surface area contributed by atoms with Gasteiger partial charge in [0.1, 0.15) is 5.69 Å². The van der Waals surface area contributed by atoms with E-state index in [-0.39, 0.29) is 11.7 Å². The Morgan fingerprint density at radius 3 is 2.57 bits per heavy atom. The molecule has 1 amide bonds. The zero-order chi connectivity index (χ0) is 15.3. The van der Waals surface area contributed by atoms with Gasteiger partial charge in [0, 0.05) is 25.5 Å². The lowest BCUT2D eigenvalue weighted by molar-refractivity contribution is 0.0745. The van der Waals surface area contributed by atoms with Crippen LogP contribution in [0.15, 0.2) is 18.2 Å². The second-order valence-corrected chi connectivity index (χ2v) is 6.06. The minimum atomic E-state index is -0.0580. The van der Waals surface area contributed by atoms with Crippen LogP contribution in [0.5, 0.6) is 0 Å². The molecular weight excluding hydrogens is 264 g/mol. The maximum absolute atomic E-state index is 12.5. The molecular formula is C17H20N2O2. The van der Waals surface area contributed by atoms with Crippen LogP contribution in [-0.2, 0) is 6.54 Å². The fraction of sp³-hybridized carbons (Fsp3) is 0.412. The van der Waals surface area contributed by atoms with Crippen molar-refractivity contribution in [2.45, 2.75) is 33.2 Å². The predicted octanol–water partition coefficient (Wildman–Crippen LogP) is 3.05. The average Bonchev–Trinajstić information content (AvgIpc) is 2.77. The normalized spacial score (nSPS) is 14.9. The van der Waals surface area contributed by atoms with E-state index in [0.29, 0.717) is 23.7 Å². The van der Waals surface area contributed by atoms with Crippen LogP contribution in [0.3, 0.4) is 0 Å². The molecule has 0 N–H and O–H groups in total. The summed E-state index contributed by atoms with van der Waals surface area (Å²) in [4.78, 5) is 26.4. The van der Waals surface area contributed by atoms with Crippen molar-refractivity contribution < 1.29 is 9.59 Å². The van der Waals surface area contributed by atoms with Crippen LogP contribution in [0.25, 0.3) is 10.9 Å². The van der Waals surface area contributed by atoms with Crippen molar-refractivity contribution in [3.63, 3.8) is 0 Å². The van der Waals surface area contributed by atoms with Crippen molar-refractivity contribution in [2.75, 3.05) is 13.6 Å². The van der Waals surface area contributed by atoms with Gasteiger partial charge in [-0.15, -0.1) is 0 Å². The molecule has 0 fully saturated rings. The van der Waals surface area contributed by atoms with Crippen LogP contribution in [-0.4, -0.2) is 34.7 Å². The highest BCUT2D eigenvalue weighted by molar-refractivity contribution is 6.16. The number of para-hydroxylation sites is 1. The maximum Gasteiger partial charge on any atom is 0.271 e. The predicted molar refractivity (Wildman–Crippen MR) is 83.0 cm³/mol. The first-order valence-electron chi connectivity index (χ1n) is 7.35. The van der Waals surface area contributed by atoms with Gasteiger partial charge >= 0.3 is 0 Å². The lowest BCUT2D eigenvalue weighted by atomic mass is 9.98. The Bertz CT molecular complexity index is 756. The lowest BCUT2D eigenvalue weighted by Gasteiger charge is -2.26. The van der Waals surface area contributed by atoms with Crippen molar-refractivity contribution in [3.05, 3.63) is 35.0 Å². The van der Waals surface area contributed by atoms with Gasteiger partial charge in [0.05, 0.1) is 11.1 Å². The molecule has 1 aliphatic heterocycles. The molecule has 0 spiro atoms. The van der Waals surface area contributed by atoms with Crippen LogP contribution in [0.4, 0.5) is 0 Å². The van der Waals surface area contributed by atoms with E-state index in [0.717, 1.165) is 17.4 Å². The molecule has 0 saturated carbocycles. The number of fused-ring (bicyclic) bond motifs is 3. The number of carbonyl (C=O) groups excluding carboxylic acids is 2. The van der Waals surface area contributed by atoms with Gasteiger partial charge in [0.15, 0.2) is 5.78 Å². The van der Waals surface area contributed by atoms with Crippen LogP contribution in [0, 0.1) is 0 Å². The summed E-state index contributed by atoms with van der Waals surface area (Å²) >= 11 is 0. The number of benzene rings is 1. The number of aromatic nitrogens is 1. The van der Waals surface area contributed by atoms with E-state index in [1.165, 1.54) is 5.56 Å². The summed E-state index contributed by atoms with van der Waals surface area (Å²) in [6.07, 6.45) is 0. The van der Waals surface area contributed by atoms with Crippen LogP contribution in [0.2, 0.25) is 0 Å². The Kier molecular flexibility index (Phi) is 3.12. The molecule has 0 aliphatic carbocycles. The SMILES string of the molecule is CC(=O)c1c2n(c3c(C(C)C)cccc13)CCN(C)C2=O. The number of rotatable bonds is 2. The third-order valence-corrected chi connectivity index (χ3v) is 4.30. The number of ketones is 1. The molecule has 21 heavy (non-hydrogen) atoms. The molecule has 0 atom stereocenters. The highest BCUT2D eigenvalue weighted by atomic mass is 16.2. The number of amides is 1. The molecule has 4 nitrogen and oxygen atoms in total. The van der Waals surface area contributed by atoms with Crippen LogP contribution in [0.1, 0.15) is 53.1 Å². The van der Waals surface area contributed by atoms with E-state index in [1.54, 1.807) is 18.9 Å². The van der Waals surface area contributed by atoms with E-state index in [2.05, 4.69) is 19.9 Å². The summed E-state index contributed by atoms with van der Waals surface area (Å²) in [6.45, 7) is 7.24. The third-order valence-electron chi connectivity index (χ3n) is 4.30. The smallest absolute Gasteiger partial charge is 0.271 e. The Balaban J connectivity index is 2.47. The minimum absolute atomic E-state index is 0.0432. The van der Waals surface area contributed by atoms with Gasteiger partial charge in [-0.2, -0.15) is 0 Å². The molecule has 0 saturated heterocycles. The van der Waals surface area contributed by atoms with Gasteiger partial charge < -0.3 is 9.47 Å². The monoisotopic (exact) mass is 284 g/mol. The fourth-order valence-electron chi connectivity index (χ4n) is 3.24. The molecule has 1 aromatic carbocycles. The lowest BCUT2D eigenvalue weighted by Crippen LogP contribution is -2.37. The molecule has 0 radical (unpaired) electrons. The van der Waals surface area contributed by atoms with Gasteiger partial charge in [0.25, 0.3) is 5.91 Å². The van der Waals surface area contributed by atoms with Gasteiger partial charge in [-0.3, -0.25) is 9.59 Å². The van der Waals surface area contributed by atoms with Gasteiger partial charge in [0.2, 0.25) is 0 Å². The molecule has 1 aromatic heterocycles. The Morgan fingerprint density at radius 2 is 1.95 bits per heavy atom. The molecule has 0 bridgehead atoms. The standard InChI is InChI=1S/C17H20N2O2/c1-10(2)12-6-5-7-13-14(11(3)20)16-17(21)18(4)8-9-19(16)15(12)13/h5-7,10H,8-9H2,1-4H3. The Morgan fingerprint density at radius 1 is 1.24 bits per heavy atom. The van der Waals surface area contributed by atoms with E-state index in [1.807, 2.05) is 16.7 Å². The minimum Gasteiger partial charge on any atom is -0.339 e. The van der Waals surface area contributed by atoms with Gasteiger partial charge in [-0.25, -0.2) is 0 Å². The van der Waals surface area contributed by atoms with Crippen molar-refractivity contribution >= 4 is 22.6 Å². The zero-order valence-corrected chi connectivity index (χ0v) is 12.9. The second-order valence-electron chi connectivity index (χ2n) is 6.06. The fourth-order valence-corrected chi connectivity index (χ4v) is 3.24. The summed E-state index contributed by atoms with van der Waals surface area (Å²) in [5.41, 5.74) is 3.37. The van der Waals surface area contributed by atoms with E-state index >= 15 is 0 Å². The molecule has 3 rings (SSSR count).